The smallest absolute Gasteiger partial charge is 0.325 e. The topological polar surface area (TPSA) is 142 Å². The fraction of sp³-hybridized carbons (Fsp3) is 0.565. The highest BCUT2D eigenvalue weighted by atomic mass is 16.4. The molecule has 3 amide bonds. The first kappa shape index (κ1) is 25.3. The fourth-order valence-electron chi connectivity index (χ4n) is 3.69. The first-order valence-electron chi connectivity index (χ1n) is 11.1. The van der Waals surface area contributed by atoms with Gasteiger partial charge in [0.1, 0.15) is 18.1 Å². The zero-order valence-electron chi connectivity index (χ0n) is 18.9. The number of carboxylic acids is 1. The first-order valence-corrected chi connectivity index (χ1v) is 11.1. The standard InChI is InChI=1S/C23H34N4O5/c1-4-14(2)19(24)22(30)27-12-8-11-18(27)21(29)26-17(13-16-9-6-5-7-10-16)20(28)25-15(3)23(31)32/h5-7,9-10,14-15,17-19H,4,8,11-13,24H2,1-3H3,(H,25,28)(H,26,29)(H,31,32). The summed E-state index contributed by atoms with van der Waals surface area (Å²) in [5.74, 6) is -2.48. The molecular weight excluding hydrogens is 412 g/mol. The summed E-state index contributed by atoms with van der Waals surface area (Å²) in [7, 11) is 0. The van der Waals surface area contributed by atoms with Crippen LogP contribution >= 0.6 is 0 Å². The summed E-state index contributed by atoms with van der Waals surface area (Å²) < 4.78 is 0. The van der Waals surface area contributed by atoms with Crippen molar-refractivity contribution in [3.63, 3.8) is 0 Å². The molecule has 5 N–H and O–H groups in total. The summed E-state index contributed by atoms with van der Waals surface area (Å²) >= 11 is 0. The van der Waals surface area contributed by atoms with Crippen LogP contribution < -0.4 is 16.4 Å². The van der Waals surface area contributed by atoms with Crippen molar-refractivity contribution in [3.05, 3.63) is 35.9 Å². The van der Waals surface area contributed by atoms with Crippen LogP contribution in [0.3, 0.4) is 0 Å². The van der Waals surface area contributed by atoms with Crippen molar-refractivity contribution in [2.75, 3.05) is 6.54 Å². The van der Waals surface area contributed by atoms with Crippen molar-refractivity contribution in [3.8, 4) is 0 Å². The number of nitrogens with two attached hydrogens (primary N) is 1. The van der Waals surface area contributed by atoms with E-state index in [2.05, 4.69) is 10.6 Å². The molecule has 1 aromatic carbocycles. The first-order chi connectivity index (χ1) is 15.1. The molecule has 176 valence electrons. The molecule has 9 nitrogen and oxygen atoms in total. The minimum absolute atomic E-state index is 0.0130. The van der Waals surface area contributed by atoms with E-state index in [4.69, 9.17) is 10.8 Å². The summed E-state index contributed by atoms with van der Waals surface area (Å²) in [5.41, 5.74) is 6.92. The Hall–Kier alpha value is -2.94. The van der Waals surface area contributed by atoms with Crippen LogP contribution in [-0.2, 0) is 25.6 Å². The molecule has 5 atom stereocenters. The Kier molecular flexibility index (Phi) is 9.19. The second-order valence-electron chi connectivity index (χ2n) is 8.42. The number of rotatable bonds is 10. The monoisotopic (exact) mass is 446 g/mol. The summed E-state index contributed by atoms with van der Waals surface area (Å²) in [4.78, 5) is 51.4. The molecule has 0 saturated carbocycles. The van der Waals surface area contributed by atoms with Gasteiger partial charge in [-0.25, -0.2) is 0 Å². The number of likely N-dealkylation sites (tertiary alicyclic amines) is 1. The predicted octanol–water partition coefficient (Wildman–Crippen LogP) is 0.668. The largest absolute Gasteiger partial charge is 0.480 e. The highest BCUT2D eigenvalue weighted by Gasteiger charge is 2.38. The Morgan fingerprint density at radius 2 is 1.81 bits per heavy atom. The fourth-order valence-corrected chi connectivity index (χ4v) is 3.69. The zero-order valence-corrected chi connectivity index (χ0v) is 18.9. The number of carbonyl (C=O) groups excluding carboxylic acids is 3. The number of nitrogens with zero attached hydrogens (tertiary/aromatic N) is 1. The van der Waals surface area contributed by atoms with Crippen LogP contribution in [0.15, 0.2) is 30.3 Å². The molecule has 1 aliphatic heterocycles. The van der Waals surface area contributed by atoms with Gasteiger partial charge in [-0.15, -0.1) is 0 Å². The van der Waals surface area contributed by atoms with Crippen LogP contribution in [0.2, 0.25) is 0 Å². The number of hydrogen-bond donors (Lipinski definition) is 4. The minimum atomic E-state index is -1.17. The van der Waals surface area contributed by atoms with Crippen LogP contribution in [0.5, 0.6) is 0 Å². The van der Waals surface area contributed by atoms with Gasteiger partial charge in [0.2, 0.25) is 17.7 Å². The van der Waals surface area contributed by atoms with E-state index in [1.54, 1.807) is 0 Å². The minimum Gasteiger partial charge on any atom is -0.480 e. The third-order valence-corrected chi connectivity index (χ3v) is 6.03. The van der Waals surface area contributed by atoms with Crippen LogP contribution in [-0.4, -0.2) is 64.4 Å². The summed E-state index contributed by atoms with van der Waals surface area (Å²) in [6.07, 6.45) is 2.09. The molecule has 32 heavy (non-hydrogen) atoms. The molecule has 1 saturated heterocycles. The molecule has 1 aromatic rings. The van der Waals surface area contributed by atoms with Gasteiger partial charge in [0.25, 0.3) is 0 Å². The maximum atomic E-state index is 13.1. The van der Waals surface area contributed by atoms with Gasteiger partial charge in [0.15, 0.2) is 0 Å². The van der Waals surface area contributed by atoms with Crippen LogP contribution in [0.4, 0.5) is 0 Å². The summed E-state index contributed by atoms with van der Waals surface area (Å²) in [6, 6.07) is 5.65. The molecule has 1 heterocycles. The number of hydrogen-bond acceptors (Lipinski definition) is 5. The van der Waals surface area contributed by atoms with Gasteiger partial charge in [-0.2, -0.15) is 0 Å². The van der Waals surface area contributed by atoms with E-state index < -0.39 is 42.0 Å². The SMILES string of the molecule is CCC(C)C(N)C(=O)N1CCCC1C(=O)NC(Cc1ccccc1)C(=O)NC(C)C(=O)O. The van der Waals surface area contributed by atoms with Gasteiger partial charge in [0.05, 0.1) is 6.04 Å². The van der Waals surface area contributed by atoms with E-state index in [0.717, 1.165) is 12.0 Å². The lowest BCUT2D eigenvalue weighted by atomic mass is 9.98. The lowest BCUT2D eigenvalue weighted by Crippen LogP contribution is -2.57. The molecule has 0 aromatic heterocycles. The average molecular weight is 447 g/mol. The maximum absolute atomic E-state index is 13.1. The van der Waals surface area contributed by atoms with E-state index in [1.165, 1.54) is 11.8 Å². The lowest BCUT2D eigenvalue weighted by Gasteiger charge is -2.30. The molecule has 1 aliphatic rings. The van der Waals surface area contributed by atoms with Crippen molar-refractivity contribution in [2.24, 2.45) is 11.7 Å². The van der Waals surface area contributed by atoms with Gasteiger partial charge >= 0.3 is 5.97 Å². The van der Waals surface area contributed by atoms with Crippen molar-refractivity contribution in [1.82, 2.24) is 15.5 Å². The number of carboxylic acid groups (broad SMARTS) is 1. The number of amides is 3. The highest BCUT2D eigenvalue weighted by Crippen LogP contribution is 2.21. The third-order valence-electron chi connectivity index (χ3n) is 6.03. The van der Waals surface area contributed by atoms with Crippen LogP contribution in [0.1, 0.15) is 45.6 Å². The number of benzene rings is 1. The van der Waals surface area contributed by atoms with E-state index in [0.29, 0.717) is 19.4 Å². The quantitative estimate of drug-likeness (QED) is 0.416. The van der Waals surface area contributed by atoms with E-state index in [9.17, 15) is 19.2 Å². The van der Waals surface area contributed by atoms with Gasteiger partial charge in [-0.1, -0.05) is 50.6 Å². The van der Waals surface area contributed by atoms with Crippen molar-refractivity contribution < 1.29 is 24.3 Å². The molecule has 0 spiro atoms. The highest BCUT2D eigenvalue weighted by molar-refractivity contribution is 5.94. The maximum Gasteiger partial charge on any atom is 0.325 e. The van der Waals surface area contributed by atoms with Crippen molar-refractivity contribution >= 4 is 23.7 Å². The van der Waals surface area contributed by atoms with Crippen molar-refractivity contribution in [1.29, 1.82) is 0 Å². The van der Waals surface area contributed by atoms with Crippen LogP contribution in [0.25, 0.3) is 0 Å². The lowest BCUT2D eigenvalue weighted by molar-refractivity contribution is -0.143. The Bertz CT molecular complexity index is 816. The average Bonchev–Trinajstić information content (AvgIpc) is 3.27. The summed E-state index contributed by atoms with van der Waals surface area (Å²) in [6.45, 7) is 5.65. The van der Waals surface area contributed by atoms with Gasteiger partial charge in [-0.05, 0) is 31.2 Å². The molecule has 5 unspecified atom stereocenters. The second kappa shape index (κ2) is 11.6. The third kappa shape index (κ3) is 6.53. The second-order valence-corrected chi connectivity index (χ2v) is 8.42. The zero-order chi connectivity index (χ0) is 23.8. The van der Waals surface area contributed by atoms with Gasteiger partial charge in [-0.3, -0.25) is 19.2 Å². The Morgan fingerprint density at radius 1 is 1.16 bits per heavy atom. The number of carbonyl (C=O) groups is 4. The molecule has 2 rings (SSSR count). The predicted molar refractivity (Wildman–Crippen MR) is 119 cm³/mol. The molecule has 9 heteroatoms. The Morgan fingerprint density at radius 3 is 2.41 bits per heavy atom. The Balaban J connectivity index is 2.16. The normalized spacial score (nSPS) is 19.5. The van der Waals surface area contributed by atoms with E-state index in [1.807, 2.05) is 44.2 Å². The Labute approximate surface area is 188 Å². The summed E-state index contributed by atoms with van der Waals surface area (Å²) in [5, 5.41) is 14.3. The molecule has 0 bridgehead atoms. The van der Waals surface area contributed by atoms with E-state index in [-0.39, 0.29) is 18.2 Å². The molecule has 0 aliphatic carbocycles. The molecule has 0 radical (unpaired) electrons. The van der Waals surface area contributed by atoms with Crippen molar-refractivity contribution in [2.45, 2.75) is 70.6 Å². The van der Waals surface area contributed by atoms with E-state index >= 15 is 0 Å². The number of aliphatic carboxylic acids is 1. The van der Waals surface area contributed by atoms with Gasteiger partial charge in [0, 0.05) is 13.0 Å². The number of nitrogens with one attached hydrogen (secondary N) is 2. The van der Waals surface area contributed by atoms with Crippen LogP contribution in [0, 0.1) is 5.92 Å². The molecular formula is C23H34N4O5. The van der Waals surface area contributed by atoms with Gasteiger partial charge < -0.3 is 26.4 Å². The molecule has 1 fully saturated rings.